The van der Waals surface area contributed by atoms with Crippen LogP contribution in [0.3, 0.4) is 0 Å². The van der Waals surface area contributed by atoms with Crippen molar-refractivity contribution in [1.82, 2.24) is 0 Å². The molecule has 0 spiro atoms. The van der Waals surface area contributed by atoms with Crippen LogP contribution >= 0.6 is 0 Å². The first-order chi connectivity index (χ1) is 11.6. The van der Waals surface area contributed by atoms with E-state index >= 15 is 0 Å². The van der Waals surface area contributed by atoms with Gasteiger partial charge >= 0.3 is 0 Å². The summed E-state index contributed by atoms with van der Waals surface area (Å²) >= 11 is 0. The minimum absolute atomic E-state index is 0.183. The predicted octanol–water partition coefficient (Wildman–Crippen LogP) is 3.44. The molecule has 2 aromatic rings. The molecule has 5 heteroatoms. The number of carbonyl (C=O) groups excluding carboxylic acids is 2. The van der Waals surface area contributed by atoms with Gasteiger partial charge in [-0.2, -0.15) is 0 Å². The van der Waals surface area contributed by atoms with E-state index in [1.54, 1.807) is 12.1 Å². The topological polar surface area (TPSA) is 61.8 Å². The number of carbonyl (C=O) groups is 2. The lowest BCUT2D eigenvalue weighted by molar-refractivity contribution is -0.116. The minimum Gasteiger partial charge on any atom is -0.493 e. The van der Waals surface area contributed by atoms with Gasteiger partial charge in [0, 0.05) is 0 Å². The van der Waals surface area contributed by atoms with Crippen LogP contribution in [-0.2, 0) is 11.4 Å². The summed E-state index contributed by atoms with van der Waals surface area (Å²) in [6, 6.07) is 12.8. The lowest BCUT2D eigenvalue weighted by Gasteiger charge is -2.17. The van der Waals surface area contributed by atoms with E-state index in [0.717, 1.165) is 5.56 Å². The zero-order chi connectivity index (χ0) is 17.5. The van der Waals surface area contributed by atoms with Crippen molar-refractivity contribution in [3.8, 4) is 17.2 Å². The maximum absolute atomic E-state index is 12.4. The molecule has 2 rings (SSSR count). The highest BCUT2D eigenvalue weighted by Crippen LogP contribution is 2.40. The largest absolute Gasteiger partial charge is 0.493 e. The number of rotatable bonds is 8. The molecule has 24 heavy (non-hydrogen) atoms. The Bertz CT molecular complexity index is 722. The molecule has 126 valence electrons. The number of Topliss-reactive ketones (excluding diaryl/α,β-unsaturated/α-hetero) is 2. The highest BCUT2D eigenvalue weighted by molar-refractivity contribution is 6.09. The Morgan fingerprint density at radius 3 is 2.21 bits per heavy atom. The Hall–Kier alpha value is -2.82. The third-order valence-electron chi connectivity index (χ3n) is 3.44. The summed E-state index contributed by atoms with van der Waals surface area (Å²) in [4.78, 5) is 23.6. The molecule has 0 unspecified atom stereocenters. The molecule has 0 atom stereocenters. The van der Waals surface area contributed by atoms with Gasteiger partial charge in [0.2, 0.25) is 5.75 Å². The van der Waals surface area contributed by atoms with Crippen molar-refractivity contribution in [3.63, 3.8) is 0 Å². The van der Waals surface area contributed by atoms with Gasteiger partial charge in [-0.1, -0.05) is 30.3 Å². The van der Waals surface area contributed by atoms with Crippen LogP contribution < -0.4 is 14.2 Å². The van der Waals surface area contributed by atoms with Crippen LogP contribution in [0.4, 0.5) is 0 Å². The van der Waals surface area contributed by atoms with E-state index in [0.29, 0.717) is 17.1 Å². The summed E-state index contributed by atoms with van der Waals surface area (Å²) in [5.41, 5.74) is 1.26. The van der Waals surface area contributed by atoms with Crippen LogP contribution in [0.1, 0.15) is 29.3 Å². The second-order valence-corrected chi connectivity index (χ2v) is 5.25. The molecule has 0 saturated carbocycles. The summed E-state index contributed by atoms with van der Waals surface area (Å²) < 4.78 is 16.5. The lowest BCUT2D eigenvalue weighted by Crippen LogP contribution is -2.09. The fourth-order valence-corrected chi connectivity index (χ4v) is 2.31. The second kappa shape index (κ2) is 8.15. The maximum Gasteiger partial charge on any atom is 0.204 e. The summed E-state index contributed by atoms with van der Waals surface area (Å²) in [6.45, 7) is 1.65. The van der Waals surface area contributed by atoms with E-state index in [1.807, 2.05) is 30.3 Å². The van der Waals surface area contributed by atoms with Crippen molar-refractivity contribution >= 4 is 11.6 Å². The number of hydrogen-bond donors (Lipinski definition) is 0. The highest BCUT2D eigenvalue weighted by Gasteiger charge is 2.22. The Morgan fingerprint density at radius 1 is 0.917 bits per heavy atom. The van der Waals surface area contributed by atoms with Crippen molar-refractivity contribution in [1.29, 1.82) is 0 Å². The average molecular weight is 328 g/mol. The van der Waals surface area contributed by atoms with Crippen molar-refractivity contribution < 1.29 is 23.8 Å². The summed E-state index contributed by atoms with van der Waals surface area (Å²) in [5, 5.41) is 0. The monoisotopic (exact) mass is 328 g/mol. The van der Waals surface area contributed by atoms with E-state index in [9.17, 15) is 9.59 Å². The van der Waals surface area contributed by atoms with Gasteiger partial charge in [-0.15, -0.1) is 0 Å². The van der Waals surface area contributed by atoms with Gasteiger partial charge in [-0.3, -0.25) is 9.59 Å². The maximum atomic E-state index is 12.4. The fraction of sp³-hybridized carbons (Fsp3) is 0.263. The molecule has 2 aromatic carbocycles. The molecule has 0 radical (unpaired) electrons. The molecule has 0 aliphatic rings. The second-order valence-electron chi connectivity index (χ2n) is 5.25. The Labute approximate surface area is 141 Å². The first kappa shape index (κ1) is 17.5. The Balaban J connectivity index is 2.39. The molecule has 0 heterocycles. The van der Waals surface area contributed by atoms with Gasteiger partial charge in [-0.05, 0) is 24.6 Å². The summed E-state index contributed by atoms with van der Waals surface area (Å²) in [5.74, 6) is 0.560. The lowest BCUT2D eigenvalue weighted by atomic mass is 10.0. The Morgan fingerprint density at radius 2 is 1.62 bits per heavy atom. The molecule has 0 bridgehead atoms. The molecule has 0 saturated heterocycles. The third-order valence-corrected chi connectivity index (χ3v) is 3.44. The van der Waals surface area contributed by atoms with Gasteiger partial charge in [-0.25, -0.2) is 0 Å². The van der Waals surface area contributed by atoms with E-state index in [-0.39, 0.29) is 30.3 Å². The van der Waals surface area contributed by atoms with Crippen LogP contribution in [0.2, 0.25) is 0 Å². The number of hydrogen-bond acceptors (Lipinski definition) is 5. The fourth-order valence-electron chi connectivity index (χ4n) is 2.31. The standard InChI is InChI=1S/C19H20O5/c1-13(20)11-16(21)15-9-10-17(22-2)19(23-3)18(15)24-12-14-7-5-4-6-8-14/h4-10H,11-12H2,1-3H3. The first-order valence-electron chi connectivity index (χ1n) is 7.51. The molecular formula is C19H20O5. The van der Waals surface area contributed by atoms with E-state index in [1.165, 1.54) is 21.1 Å². The summed E-state index contributed by atoms with van der Waals surface area (Å²) in [7, 11) is 2.99. The molecule has 0 fully saturated rings. The predicted molar refractivity (Wildman–Crippen MR) is 89.9 cm³/mol. The first-order valence-corrected chi connectivity index (χ1v) is 7.51. The zero-order valence-electron chi connectivity index (χ0n) is 14.0. The van der Waals surface area contributed by atoms with E-state index < -0.39 is 0 Å². The normalized spacial score (nSPS) is 10.1. The molecule has 0 N–H and O–H groups in total. The van der Waals surface area contributed by atoms with Crippen LogP contribution in [0.25, 0.3) is 0 Å². The minimum atomic E-state index is -0.313. The quantitative estimate of drug-likeness (QED) is 0.549. The average Bonchev–Trinajstić information content (AvgIpc) is 2.59. The molecule has 0 aromatic heterocycles. The molecule has 5 nitrogen and oxygen atoms in total. The van der Waals surface area contributed by atoms with Crippen LogP contribution in [-0.4, -0.2) is 25.8 Å². The number of benzene rings is 2. The molecule has 0 aliphatic carbocycles. The number of ketones is 2. The number of methoxy groups -OCH3 is 2. The third kappa shape index (κ3) is 4.13. The van der Waals surface area contributed by atoms with E-state index in [2.05, 4.69) is 0 Å². The van der Waals surface area contributed by atoms with Gasteiger partial charge in [0.25, 0.3) is 0 Å². The zero-order valence-corrected chi connectivity index (χ0v) is 14.0. The van der Waals surface area contributed by atoms with Gasteiger partial charge in [0.05, 0.1) is 26.2 Å². The van der Waals surface area contributed by atoms with Gasteiger partial charge in [0.1, 0.15) is 12.4 Å². The van der Waals surface area contributed by atoms with Crippen molar-refractivity contribution in [2.45, 2.75) is 20.0 Å². The summed E-state index contributed by atoms with van der Waals surface area (Å²) in [6.07, 6.45) is -0.183. The number of ether oxygens (including phenoxy) is 3. The van der Waals surface area contributed by atoms with Crippen LogP contribution in [0.5, 0.6) is 17.2 Å². The Kier molecular flexibility index (Phi) is 5.95. The van der Waals surface area contributed by atoms with Gasteiger partial charge < -0.3 is 14.2 Å². The molecular weight excluding hydrogens is 308 g/mol. The van der Waals surface area contributed by atoms with Gasteiger partial charge in [0.15, 0.2) is 17.3 Å². The van der Waals surface area contributed by atoms with Crippen molar-refractivity contribution in [2.75, 3.05) is 14.2 Å². The highest BCUT2D eigenvalue weighted by atomic mass is 16.5. The van der Waals surface area contributed by atoms with Crippen molar-refractivity contribution in [3.05, 3.63) is 53.6 Å². The molecule has 0 amide bonds. The van der Waals surface area contributed by atoms with Crippen molar-refractivity contribution in [2.24, 2.45) is 0 Å². The smallest absolute Gasteiger partial charge is 0.204 e. The molecule has 0 aliphatic heterocycles. The SMILES string of the molecule is COc1ccc(C(=O)CC(C)=O)c(OCc2ccccc2)c1OC. The van der Waals surface area contributed by atoms with E-state index in [4.69, 9.17) is 14.2 Å². The van der Waals surface area contributed by atoms with Crippen LogP contribution in [0, 0.1) is 0 Å². The van der Waals surface area contributed by atoms with Crippen LogP contribution in [0.15, 0.2) is 42.5 Å².